The second kappa shape index (κ2) is 5.71. The fourth-order valence-electron chi connectivity index (χ4n) is 1.54. The van der Waals surface area contributed by atoms with Crippen molar-refractivity contribution in [1.29, 1.82) is 0 Å². The van der Waals surface area contributed by atoms with Crippen LogP contribution in [0.4, 0.5) is 11.4 Å². The van der Waals surface area contributed by atoms with Crippen molar-refractivity contribution in [3.63, 3.8) is 0 Å². The van der Waals surface area contributed by atoms with Crippen molar-refractivity contribution in [2.45, 2.75) is 0 Å². The molecule has 0 aliphatic heterocycles. The Kier molecular flexibility index (Phi) is 4.01. The van der Waals surface area contributed by atoms with E-state index >= 15 is 0 Å². The molecule has 1 amide bonds. The fourth-order valence-corrected chi connectivity index (χ4v) is 1.91. The lowest BCUT2D eigenvalue weighted by atomic mass is 10.2. The highest BCUT2D eigenvalue weighted by atomic mass is 79.9. The number of carbonyl (C=O) groups excluding carboxylic acids is 1. The van der Waals surface area contributed by atoms with Gasteiger partial charge >= 0.3 is 0 Å². The number of nitrogens with two attached hydrogens (primary N) is 1. The van der Waals surface area contributed by atoms with Gasteiger partial charge in [-0.2, -0.15) is 0 Å². The van der Waals surface area contributed by atoms with Crippen LogP contribution < -0.4 is 15.8 Å². The Bertz CT molecular complexity index is 617. The quantitative estimate of drug-likeness (QED) is 0.852. The Morgan fingerprint density at radius 2 is 2.16 bits per heavy atom. The Morgan fingerprint density at radius 3 is 2.84 bits per heavy atom. The maximum Gasteiger partial charge on any atom is 0.257 e. The van der Waals surface area contributed by atoms with Crippen LogP contribution in [0.3, 0.4) is 0 Å². The molecule has 0 atom stereocenters. The Hall–Kier alpha value is -2.08. The van der Waals surface area contributed by atoms with Crippen LogP contribution in [0.5, 0.6) is 5.75 Å². The summed E-state index contributed by atoms with van der Waals surface area (Å²) in [5, 5.41) is 2.75. The van der Waals surface area contributed by atoms with E-state index in [4.69, 9.17) is 10.5 Å². The highest BCUT2D eigenvalue weighted by Crippen LogP contribution is 2.27. The Balaban J connectivity index is 2.24. The van der Waals surface area contributed by atoms with E-state index < -0.39 is 0 Å². The minimum absolute atomic E-state index is 0.267. The number of nitrogens with one attached hydrogen (secondary N) is 1. The predicted octanol–water partition coefficient (Wildman–Crippen LogP) is 2.69. The summed E-state index contributed by atoms with van der Waals surface area (Å²) >= 11 is 3.27. The van der Waals surface area contributed by atoms with Crippen molar-refractivity contribution in [1.82, 2.24) is 4.98 Å². The molecule has 6 heteroatoms. The molecule has 1 aromatic heterocycles. The molecule has 1 heterocycles. The smallest absolute Gasteiger partial charge is 0.257 e. The van der Waals surface area contributed by atoms with Gasteiger partial charge < -0.3 is 15.8 Å². The second-order valence-electron chi connectivity index (χ2n) is 3.81. The number of aromatic nitrogens is 1. The van der Waals surface area contributed by atoms with Crippen LogP contribution in [0.15, 0.2) is 41.1 Å². The number of carbonyl (C=O) groups is 1. The topological polar surface area (TPSA) is 77.2 Å². The van der Waals surface area contributed by atoms with Gasteiger partial charge in [-0.25, -0.2) is 0 Å². The number of benzene rings is 1. The molecule has 0 bridgehead atoms. The van der Waals surface area contributed by atoms with E-state index in [1.54, 1.807) is 30.5 Å². The summed E-state index contributed by atoms with van der Waals surface area (Å²) in [7, 11) is 1.52. The van der Waals surface area contributed by atoms with E-state index in [2.05, 4.69) is 26.2 Å². The zero-order valence-corrected chi connectivity index (χ0v) is 11.8. The maximum atomic E-state index is 12.1. The molecule has 3 N–H and O–H groups in total. The van der Waals surface area contributed by atoms with E-state index in [9.17, 15) is 4.79 Å². The number of methoxy groups -OCH3 is 1. The summed E-state index contributed by atoms with van der Waals surface area (Å²) in [6.45, 7) is 0. The molecule has 19 heavy (non-hydrogen) atoms. The van der Waals surface area contributed by atoms with Gasteiger partial charge in [0.25, 0.3) is 5.91 Å². The number of nitrogen functional groups attached to an aromatic ring is 1. The third-order valence-electron chi connectivity index (χ3n) is 2.44. The van der Waals surface area contributed by atoms with E-state index in [1.165, 1.54) is 13.3 Å². The van der Waals surface area contributed by atoms with E-state index in [0.717, 1.165) is 4.47 Å². The second-order valence-corrected chi connectivity index (χ2v) is 4.72. The number of hydrogen-bond acceptors (Lipinski definition) is 4. The highest BCUT2D eigenvalue weighted by Gasteiger charge is 2.10. The molecule has 98 valence electrons. The van der Waals surface area contributed by atoms with Crippen molar-refractivity contribution < 1.29 is 9.53 Å². The maximum absolute atomic E-state index is 12.1. The van der Waals surface area contributed by atoms with Gasteiger partial charge in [-0.05, 0) is 34.1 Å². The summed E-state index contributed by atoms with van der Waals surface area (Å²) in [4.78, 5) is 16.0. The molecule has 2 aromatic rings. The molecular formula is C13H12BrN3O2. The molecule has 2 rings (SSSR count). The van der Waals surface area contributed by atoms with E-state index in [1.807, 2.05) is 0 Å². The zero-order valence-electron chi connectivity index (χ0n) is 10.2. The molecule has 5 nitrogen and oxygen atoms in total. The number of pyridine rings is 1. The van der Waals surface area contributed by atoms with Crippen molar-refractivity contribution >= 4 is 33.2 Å². The first-order chi connectivity index (χ1) is 9.10. The fraction of sp³-hybridized carbons (Fsp3) is 0.0769. The van der Waals surface area contributed by atoms with Gasteiger partial charge in [-0.1, -0.05) is 0 Å². The predicted molar refractivity (Wildman–Crippen MR) is 77.3 cm³/mol. The summed E-state index contributed by atoms with van der Waals surface area (Å²) in [6.07, 6.45) is 3.10. The van der Waals surface area contributed by atoms with Gasteiger partial charge in [-0.3, -0.25) is 9.78 Å². The molecule has 0 radical (unpaired) electrons. The molecule has 0 aliphatic rings. The third kappa shape index (κ3) is 3.23. The lowest BCUT2D eigenvalue weighted by molar-refractivity contribution is 0.102. The van der Waals surface area contributed by atoms with E-state index in [0.29, 0.717) is 22.7 Å². The normalized spacial score (nSPS) is 10.0. The average molecular weight is 322 g/mol. The number of rotatable bonds is 3. The van der Waals surface area contributed by atoms with Gasteiger partial charge in [0.05, 0.1) is 18.4 Å². The zero-order chi connectivity index (χ0) is 13.8. The number of anilines is 2. The van der Waals surface area contributed by atoms with Crippen LogP contribution >= 0.6 is 15.9 Å². The van der Waals surface area contributed by atoms with Crippen LogP contribution in [0, 0.1) is 0 Å². The summed E-state index contributed by atoms with van der Waals surface area (Å²) in [5.74, 6) is 0.244. The van der Waals surface area contributed by atoms with Gasteiger partial charge in [0.2, 0.25) is 0 Å². The van der Waals surface area contributed by atoms with Gasteiger partial charge in [0, 0.05) is 28.6 Å². The van der Waals surface area contributed by atoms with E-state index in [-0.39, 0.29) is 5.91 Å². The summed E-state index contributed by atoms with van der Waals surface area (Å²) < 4.78 is 5.91. The Morgan fingerprint density at radius 1 is 1.37 bits per heavy atom. The Labute approximate surface area is 118 Å². The van der Waals surface area contributed by atoms with Crippen molar-refractivity contribution in [3.8, 4) is 5.75 Å². The van der Waals surface area contributed by atoms with Crippen molar-refractivity contribution in [2.75, 3.05) is 18.2 Å². The van der Waals surface area contributed by atoms with Crippen LogP contribution in [-0.4, -0.2) is 18.0 Å². The number of halogens is 1. The SMILES string of the molecule is COc1cc(N)ccc1NC(=O)c1cncc(Br)c1. The highest BCUT2D eigenvalue weighted by molar-refractivity contribution is 9.10. The minimum Gasteiger partial charge on any atom is -0.494 e. The first kappa shape index (κ1) is 13.4. The van der Waals surface area contributed by atoms with Gasteiger partial charge in [-0.15, -0.1) is 0 Å². The first-order valence-electron chi connectivity index (χ1n) is 5.45. The monoisotopic (exact) mass is 321 g/mol. The minimum atomic E-state index is -0.267. The lowest BCUT2D eigenvalue weighted by Crippen LogP contribution is -2.13. The average Bonchev–Trinajstić information content (AvgIpc) is 2.40. The molecular weight excluding hydrogens is 310 g/mol. The largest absolute Gasteiger partial charge is 0.494 e. The van der Waals surface area contributed by atoms with Crippen LogP contribution in [0.25, 0.3) is 0 Å². The standard InChI is InChI=1S/C13H12BrN3O2/c1-19-12-5-10(15)2-3-11(12)17-13(18)8-4-9(14)7-16-6-8/h2-7H,15H2,1H3,(H,17,18). The van der Waals surface area contributed by atoms with Crippen molar-refractivity contribution in [3.05, 3.63) is 46.7 Å². The van der Waals surface area contributed by atoms with Crippen LogP contribution in [-0.2, 0) is 0 Å². The molecule has 0 saturated heterocycles. The number of ether oxygens (including phenoxy) is 1. The summed E-state index contributed by atoms with van der Waals surface area (Å²) in [6, 6.07) is 6.72. The van der Waals surface area contributed by atoms with Gasteiger partial charge in [0.15, 0.2) is 0 Å². The van der Waals surface area contributed by atoms with Crippen LogP contribution in [0.2, 0.25) is 0 Å². The lowest BCUT2D eigenvalue weighted by Gasteiger charge is -2.10. The molecule has 0 aliphatic carbocycles. The first-order valence-corrected chi connectivity index (χ1v) is 6.25. The molecule has 1 aromatic carbocycles. The molecule has 0 spiro atoms. The number of amides is 1. The number of hydrogen-bond donors (Lipinski definition) is 2. The summed E-state index contributed by atoms with van der Waals surface area (Å²) in [5.41, 5.74) is 7.23. The van der Waals surface area contributed by atoms with Gasteiger partial charge in [0.1, 0.15) is 5.75 Å². The number of nitrogens with zero attached hydrogens (tertiary/aromatic N) is 1. The third-order valence-corrected chi connectivity index (χ3v) is 2.87. The molecule has 0 saturated carbocycles. The van der Waals surface area contributed by atoms with Crippen molar-refractivity contribution in [2.24, 2.45) is 0 Å². The molecule has 0 unspecified atom stereocenters. The van der Waals surface area contributed by atoms with Crippen LogP contribution in [0.1, 0.15) is 10.4 Å². The molecule has 0 fully saturated rings.